The van der Waals surface area contributed by atoms with Crippen LogP contribution in [0, 0.1) is 6.92 Å². The number of fused-ring (bicyclic) bond motifs is 1. The Hall–Kier alpha value is -2.90. The highest BCUT2D eigenvalue weighted by molar-refractivity contribution is 6.30. The number of nitrogen functional groups attached to an aromatic ring is 1. The molecule has 0 saturated carbocycles. The number of furan rings is 1. The Morgan fingerprint density at radius 3 is 2.35 bits per heavy atom. The summed E-state index contributed by atoms with van der Waals surface area (Å²) in [5, 5.41) is 6.94. The third-order valence-electron chi connectivity index (χ3n) is 4.57. The number of anilines is 2. The minimum atomic E-state index is -0.448. The quantitative estimate of drug-likeness (QED) is 0.334. The molecule has 2 aromatic heterocycles. The third kappa shape index (κ3) is 10.8. The number of carbonyl (C=O) groups excluding carboxylic acids is 2. The molecule has 0 fully saturated rings. The molecule has 7 nitrogen and oxygen atoms in total. The van der Waals surface area contributed by atoms with Gasteiger partial charge in [0.1, 0.15) is 17.7 Å². The smallest absolute Gasteiger partial charge is 0.294 e. The van der Waals surface area contributed by atoms with E-state index in [0.717, 1.165) is 23.7 Å². The van der Waals surface area contributed by atoms with Gasteiger partial charge in [0.05, 0.1) is 10.7 Å². The van der Waals surface area contributed by atoms with E-state index in [1.54, 1.807) is 12.1 Å². The number of nitrogens with one attached hydrogen (secondary N) is 2. The number of nitrogens with zero attached hydrogens (tertiary/aromatic N) is 1. The minimum absolute atomic E-state index is 0.0763. The number of benzene rings is 1. The molecular formula is C26H39ClN4O3. The van der Waals surface area contributed by atoms with Gasteiger partial charge in [0.25, 0.3) is 5.91 Å². The van der Waals surface area contributed by atoms with Crippen LogP contribution >= 0.6 is 11.6 Å². The van der Waals surface area contributed by atoms with Crippen LogP contribution in [0.1, 0.15) is 70.0 Å². The van der Waals surface area contributed by atoms with Gasteiger partial charge < -0.3 is 25.6 Å². The summed E-state index contributed by atoms with van der Waals surface area (Å²) in [6.07, 6.45) is 5.28. The number of carbonyl (C=O) groups is 2. The summed E-state index contributed by atoms with van der Waals surface area (Å²) in [7, 11) is 1.98. The average Bonchev–Trinajstić information content (AvgIpc) is 3.18. The normalized spacial score (nSPS) is 10.5. The first kappa shape index (κ1) is 31.1. The van der Waals surface area contributed by atoms with Gasteiger partial charge in [0.15, 0.2) is 0 Å². The number of hydrogen-bond acceptors (Lipinski definition) is 6. The highest BCUT2D eigenvalue weighted by Gasteiger charge is 2.19. The number of aromatic nitrogens is 1. The van der Waals surface area contributed by atoms with Crippen molar-refractivity contribution < 1.29 is 14.0 Å². The second-order valence-corrected chi connectivity index (χ2v) is 7.65. The zero-order valence-corrected chi connectivity index (χ0v) is 22.1. The van der Waals surface area contributed by atoms with Crippen molar-refractivity contribution in [3.63, 3.8) is 0 Å². The van der Waals surface area contributed by atoms with Gasteiger partial charge in [-0.15, -0.1) is 0 Å². The van der Waals surface area contributed by atoms with Crippen molar-refractivity contribution in [2.45, 2.75) is 66.8 Å². The SMILES string of the molecule is CC.CCC(C)NC.CCCC=O.Cc1ccc2c(N)c(C(=O)Nc3ccc(Cl)cn3)oc2c1. The number of halogens is 1. The first-order valence-corrected chi connectivity index (χ1v) is 12.0. The molecule has 1 aromatic carbocycles. The Kier molecular flexibility index (Phi) is 16.1. The summed E-state index contributed by atoms with van der Waals surface area (Å²) in [6.45, 7) is 12.3. The van der Waals surface area contributed by atoms with Crippen molar-refractivity contribution in [2.24, 2.45) is 0 Å². The Bertz CT molecular complexity index is 984. The molecule has 188 valence electrons. The zero-order chi connectivity index (χ0) is 26.1. The van der Waals surface area contributed by atoms with E-state index in [9.17, 15) is 9.59 Å². The summed E-state index contributed by atoms with van der Waals surface area (Å²) in [5.41, 5.74) is 7.90. The van der Waals surface area contributed by atoms with Gasteiger partial charge in [-0.05, 0) is 63.6 Å². The molecule has 3 aromatic rings. The maximum Gasteiger partial charge on any atom is 0.294 e. The van der Waals surface area contributed by atoms with Crippen LogP contribution in [0.2, 0.25) is 5.02 Å². The van der Waals surface area contributed by atoms with Crippen LogP contribution in [0.3, 0.4) is 0 Å². The van der Waals surface area contributed by atoms with Gasteiger partial charge in [-0.1, -0.05) is 45.4 Å². The lowest BCUT2D eigenvalue weighted by molar-refractivity contribution is -0.107. The number of aldehydes is 1. The van der Waals surface area contributed by atoms with Crippen molar-refractivity contribution >= 4 is 46.3 Å². The molecule has 0 aliphatic heterocycles. The predicted molar refractivity (Wildman–Crippen MR) is 144 cm³/mol. The van der Waals surface area contributed by atoms with Crippen LogP contribution < -0.4 is 16.4 Å². The standard InChI is InChI=1S/C15H12ClN3O2.C5H13N.C4H8O.C2H6/c1-8-2-4-10-11(6-8)21-14(13(10)17)15(20)19-12-5-3-9(16)7-18-12;1-4-5(2)6-3;1-2-3-4-5;1-2/h2-7H,17H2,1H3,(H,18,19,20);5-6H,4H2,1-3H3;4H,2-3H2,1H3;1-2H3. The molecule has 0 saturated heterocycles. The van der Waals surface area contributed by atoms with Crippen LogP contribution in [0.25, 0.3) is 11.0 Å². The van der Waals surface area contributed by atoms with Crippen LogP contribution in [0.15, 0.2) is 40.9 Å². The predicted octanol–water partition coefficient (Wildman–Crippen LogP) is 6.64. The number of pyridine rings is 1. The Morgan fingerprint density at radius 1 is 1.24 bits per heavy atom. The van der Waals surface area contributed by atoms with Crippen LogP contribution in [-0.2, 0) is 4.79 Å². The molecule has 0 spiro atoms. The monoisotopic (exact) mass is 490 g/mol. The molecule has 2 heterocycles. The molecule has 8 heteroatoms. The van der Waals surface area contributed by atoms with E-state index in [-0.39, 0.29) is 5.76 Å². The second kappa shape index (κ2) is 17.6. The molecule has 1 amide bonds. The van der Waals surface area contributed by atoms with E-state index in [4.69, 9.17) is 21.8 Å². The molecule has 3 rings (SSSR count). The molecule has 1 atom stereocenters. The molecule has 0 aliphatic rings. The second-order valence-electron chi connectivity index (χ2n) is 7.21. The maximum absolute atomic E-state index is 12.2. The van der Waals surface area contributed by atoms with E-state index in [1.165, 1.54) is 12.6 Å². The largest absolute Gasteiger partial charge is 0.449 e. The molecule has 4 N–H and O–H groups in total. The lowest BCUT2D eigenvalue weighted by atomic mass is 10.1. The van der Waals surface area contributed by atoms with Gasteiger partial charge in [0, 0.05) is 24.0 Å². The summed E-state index contributed by atoms with van der Waals surface area (Å²) in [6, 6.07) is 9.50. The number of amides is 1. The Labute approximate surface area is 208 Å². The fourth-order valence-corrected chi connectivity index (χ4v) is 2.45. The Balaban J connectivity index is 0.000000699. The fraction of sp³-hybridized carbons (Fsp3) is 0.423. The summed E-state index contributed by atoms with van der Waals surface area (Å²) < 4.78 is 5.55. The van der Waals surface area contributed by atoms with Gasteiger partial charge in [-0.3, -0.25) is 4.79 Å². The number of aryl methyl sites for hydroxylation is 1. The third-order valence-corrected chi connectivity index (χ3v) is 4.79. The van der Waals surface area contributed by atoms with E-state index < -0.39 is 5.91 Å². The molecular weight excluding hydrogens is 452 g/mol. The van der Waals surface area contributed by atoms with E-state index >= 15 is 0 Å². The number of unbranched alkanes of at least 4 members (excludes halogenated alkanes) is 1. The fourth-order valence-electron chi connectivity index (χ4n) is 2.34. The van der Waals surface area contributed by atoms with Crippen LogP contribution in [0.4, 0.5) is 11.5 Å². The van der Waals surface area contributed by atoms with Crippen LogP contribution in [-0.4, -0.2) is 30.3 Å². The number of rotatable bonds is 6. The van der Waals surface area contributed by atoms with Crippen molar-refractivity contribution in [3.05, 3.63) is 52.9 Å². The number of nitrogens with two attached hydrogens (primary N) is 1. The van der Waals surface area contributed by atoms with Crippen molar-refractivity contribution in [1.29, 1.82) is 0 Å². The minimum Gasteiger partial charge on any atom is -0.449 e. The molecule has 1 unspecified atom stereocenters. The van der Waals surface area contributed by atoms with Crippen molar-refractivity contribution in [1.82, 2.24) is 10.3 Å². The first-order valence-electron chi connectivity index (χ1n) is 11.6. The highest BCUT2D eigenvalue weighted by atomic mass is 35.5. The Morgan fingerprint density at radius 2 is 1.91 bits per heavy atom. The van der Waals surface area contributed by atoms with Crippen LogP contribution in [0.5, 0.6) is 0 Å². The molecule has 0 bridgehead atoms. The van der Waals surface area contributed by atoms with Gasteiger partial charge >= 0.3 is 0 Å². The highest BCUT2D eigenvalue weighted by Crippen LogP contribution is 2.29. The van der Waals surface area contributed by atoms with Crippen molar-refractivity contribution in [3.8, 4) is 0 Å². The summed E-state index contributed by atoms with van der Waals surface area (Å²) >= 11 is 5.74. The topological polar surface area (TPSA) is 110 Å². The number of hydrogen-bond donors (Lipinski definition) is 3. The van der Waals surface area contributed by atoms with Crippen molar-refractivity contribution in [2.75, 3.05) is 18.1 Å². The van der Waals surface area contributed by atoms with Gasteiger partial charge in [0.2, 0.25) is 5.76 Å². The van der Waals surface area contributed by atoms with Gasteiger partial charge in [-0.25, -0.2) is 4.98 Å². The zero-order valence-electron chi connectivity index (χ0n) is 21.4. The van der Waals surface area contributed by atoms with E-state index in [1.807, 2.05) is 52.9 Å². The maximum atomic E-state index is 12.2. The molecule has 0 radical (unpaired) electrons. The van der Waals surface area contributed by atoms with E-state index in [2.05, 4.69) is 29.5 Å². The summed E-state index contributed by atoms with van der Waals surface area (Å²) in [4.78, 5) is 25.6. The summed E-state index contributed by atoms with van der Waals surface area (Å²) in [5.74, 6) is 0.00367. The first-order chi connectivity index (χ1) is 16.3. The lowest BCUT2D eigenvalue weighted by Crippen LogP contribution is -2.19. The van der Waals surface area contributed by atoms with E-state index in [0.29, 0.717) is 34.6 Å². The average molecular weight is 491 g/mol. The van der Waals surface area contributed by atoms with Gasteiger partial charge in [-0.2, -0.15) is 0 Å². The molecule has 0 aliphatic carbocycles. The lowest BCUT2D eigenvalue weighted by Gasteiger charge is -2.02. The molecule has 34 heavy (non-hydrogen) atoms.